The first-order valence-electron chi connectivity index (χ1n) is 31.4. The van der Waals surface area contributed by atoms with Gasteiger partial charge < -0.3 is 45.1 Å². The Kier molecular flexibility index (Phi) is 50.5. The predicted octanol–water partition coefficient (Wildman–Crippen LogP) is 14.8. The molecule has 1 aliphatic heterocycles. The number of aliphatic hydroxyl groups is 5. The lowest BCUT2D eigenvalue weighted by atomic mass is 9.99. The number of esters is 1. The summed E-state index contributed by atoms with van der Waals surface area (Å²) in [5.41, 5.74) is 0. The van der Waals surface area contributed by atoms with Crippen LogP contribution < -0.4 is 5.32 Å². The van der Waals surface area contributed by atoms with Gasteiger partial charge >= 0.3 is 5.97 Å². The van der Waals surface area contributed by atoms with Gasteiger partial charge in [-0.1, -0.05) is 223 Å². The Labute approximate surface area is 459 Å². The zero-order chi connectivity index (χ0) is 54.5. The highest BCUT2D eigenvalue weighted by Crippen LogP contribution is 2.23. The molecule has 0 saturated carbocycles. The maximum atomic E-state index is 13.0. The third-order valence-electron chi connectivity index (χ3n) is 14.6. The number of hydrogen-bond acceptors (Lipinski definition) is 10. The SMILES string of the molecule is CCCCC/C=C/CC/C=C/C(O)C(COC1OC(CO)C(O)C(O)C1O)NC(=O)CCCCCCCCC/C=C\CCCCCCCCCCCCCOC(=O)CCCCCCC/C=C\CCCCCCCCC. The molecule has 1 aliphatic rings. The Hall–Kier alpha value is -2.38. The summed E-state index contributed by atoms with van der Waals surface area (Å²) in [5, 5.41) is 54.2. The molecule has 0 spiro atoms. The Morgan fingerprint density at radius 1 is 0.480 bits per heavy atom. The quantitative estimate of drug-likeness (QED) is 0.0195. The first-order valence-corrected chi connectivity index (χ1v) is 31.4. The number of carbonyl (C=O) groups is 2. The van der Waals surface area contributed by atoms with E-state index in [-0.39, 0.29) is 18.5 Å². The van der Waals surface area contributed by atoms with Crippen molar-refractivity contribution in [2.45, 2.75) is 326 Å². The van der Waals surface area contributed by atoms with E-state index in [9.17, 15) is 35.1 Å². The fourth-order valence-electron chi connectivity index (χ4n) is 9.62. The van der Waals surface area contributed by atoms with Gasteiger partial charge in [0, 0.05) is 12.8 Å². The summed E-state index contributed by atoms with van der Waals surface area (Å²) in [6, 6.07) is -0.832. The van der Waals surface area contributed by atoms with E-state index in [1.54, 1.807) is 6.08 Å². The lowest BCUT2D eigenvalue weighted by molar-refractivity contribution is -0.302. The lowest BCUT2D eigenvalue weighted by Crippen LogP contribution is -2.60. The van der Waals surface area contributed by atoms with Gasteiger partial charge in [0.2, 0.25) is 5.91 Å². The van der Waals surface area contributed by atoms with Crippen molar-refractivity contribution in [2.75, 3.05) is 19.8 Å². The number of ether oxygens (including phenoxy) is 3. The molecule has 0 aromatic carbocycles. The van der Waals surface area contributed by atoms with Crippen molar-refractivity contribution in [3.8, 4) is 0 Å². The summed E-state index contributed by atoms with van der Waals surface area (Å²) < 4.78 is 16.7. The zero-order valence-corrected chi connectivity index (χ0v) is 48.3. The van der Waals surface area contributed by atoms with Crippen LogP contribution in [0.4, 0.5) is 0 Å². The average Bonchev–Trinajstić information content (AvgIpc) is 3.41. The largest absolute Gasteiger partial charge is 0.466 e. The molecule has 0 radical (unpaired) electrons. The van der Waals surface area contributed by atoms with Gasteiger partial charge in [-0.25, -0.2) is 0 Å². The van der Waals surface area contributed by atoms with Gasteiger partial charge in [0.25, 0.3) is 0 Å². The van der Waals surface area contributed by atoms with Crippen LogP contribution in [0.5, 0.6) is 0 Å². The number of nitrogens with one attached hydrogen (secondary N) is 1. The Morgan fingerprint density at radius 2 is 0.867 bits per heavy atom. The van der Waals surface area contributed by atoms with Crippen LogP contribution in [0.25, 0.3) is 0 Å². The molecular formula is C64H117NO10. The molecule has 75 heavy (non-hydrogen) atoms. The Balaban J connectivity index is 1.99. The standard InChI is InChI=1S/C64H117NO10/c1-3-5-7-9-11-13-14-15-16-26-29-32-36-40-44-48-52-60(69)73-53-49-45-41-37-33-30-27-24-22-20-18-17-19-21-23-25-28-31-35-39-43-47-51-59(68)65-56(57(67)50-46-42-38-34-12-10-8-6-4-2)55-74-64-63(72)62(71)61(70)58(54-66)75-64/h12,16,19,21,26,34,46,50,56-58,61-64,66-67,70-72H,3-11,13-15,17-18,20,22-25,27-33,35-45,47-49,51-55H2,1-2H3,(H,65,68)/b21-19-,26-16-,34-12+,50-46+. The fraction of sp³-hybridized carbons (Fsp3) is 0.844. The minimum Gasteiger partial charge on any atom is -0.466 e. The lowest BCUT2D eigenvalue weighted by Gasteiger charge is -2.40. The molecule has 1 fully saturated rings. The van der Waals surface area contributed by atoms with Crippen LogP contribution in [0.1, 0.15) is 284 Å². The fourth-order valence-corrected chi connectivity index (χ4v) is 9.62. The normalized spacial score (nSPS) is 19.1. The molecule has 438 valence electrons. The van der Waals surface area contributed by atoms with E-state index in [2.05, 4.69) is 55.6 Å². The molecule has 0 aromatic heterocycles. The molecule has 0 bridgehead atoms. The summed E-state index contributed by atoms with van der Waals surface area (Å²) in [6.07, 6.45) is 58.1. The molecule has 1 saturated heterocycles. The molecule has 7 unspecified atom stereocenters. The van der Waals surface area contributed by atoms with Crippen molar-refractivity contribution >= 4 is 11.9 Å². The van der Waals surface area contributed by atoms with E-state index in [0.29, 0.717) is 19.4 Å². The number of aliphatic hydroxyl groups excluding tert-OH is 5. The average molecular weight is 1060 g/mol. The molecule has 7 atom stereocenters. The molecular weight excluding hydrogens is 943 g/mol. The Bertz CT molecular complexity index is 1390. The summed E-state index contributed by atoms with van der Waals surface area (Å²) in [5.74, 6) is -0.213. The van der Waals surface area contributed by atoms with Crippen molar-refractivity contribution in [1.29, 1.82) is 0 Å². The van der Waals surface area contributed by atoms with Crippen LogP contribution in [0.3, 0.4) is 0 Å². The van der Waals surface area contributed by atoms with Crippen LogP contribution in [0.2, 0.25) is 0 Å². The Morgan fingerprint density at radius 3 is 1.35 bits per heavy atom. The van der Waals surface area contributed by atoms with Crippen molar-refractivity contribution < 1.29 is 49.3 Å². The van der Waals surface area contributed by atoms with Crippen LogP contribution >= 0.6 is 0 Å². The van der Waals surface area contributed by atoms with Gasteiger partial charge in [0.1, 0.15) is 24.4 Å². The van der Waals surface area contributed by atoms with E-state index in [0.717, 1.165) is 77.0 Å². The number of amides is 1. The van der Waals surface area contributed by atoms with E-state index in [1.165, 1.54) is 180 Å². The number of rotatable bonds is 54. The van der Waals surface area contributed by atoms with E-state index >= 15 is 0 Å². The minimum absolute atomic E-state index is 0.0108. The van der Waals surface area contributed by atoms with Crippen LogP contribution in [-0.2, 0) is 23.8 Å². The number of carbonyl (C=O) groups excluding carboxylic acids is 2. The topological polar surface area (TPSA) is 175 Å². The van der Waals surface area contributed by atoms with Gasteiger partial charge in [-0.3, -0.25) is 9.59 Å². The highest BCUT2D eigenvalue weighted by atomic mass is 16.7. The third-order valence-corrected chi connectivity index (χ3v) is 14.6. The van der Waals surface area contributed by atoms with Gasteiger partial charge in [0.05, 0.1) is 32.0 Å². The maximum Gasteiger partial charge on any atom is 0.305 e. The predicted molar refractivity (Wildman–Crippen MR) is 310 cm³/mol. The summed E-state index contributed by atoms with van der Waals surface area (Å²) in [7, 11) is 0. The second-order valence-electron chi connectivity index (χ2n) is 21.7. The minimum atomic E-state index is -1.58. The van der Waals surface area contributed by atoms with Crippen molar-refractivity contribution in [3.05, 3.63) is 48.6 Å². The van der Waals surface area contributed by atoms with Crippen molar-refractivity contribution in [3.63, 3.8) is 0 Å². The van der Waals surface area contributed by atoms with Gasteiger partial charge in [-0.15, -0.1) is 0 Å². The monoisotopic (exact) mass is 1060 g/mol. The first-order chi connectivity index (χ1) is 36.7. The van der Waals surface area contributed by atoms with Crippen LogP contribution in [0, 0.1) is 0 Å². The molecule has 1 heterocycles. The summed E-state index contributed by atoms with van der Waals surface area (Å²) >= 11 is 0. The highest BCUT2D eigenvalue weighted by molar-refractivity contribution is 5.76. The smallest absolute Gasteiger partial charge is 0.305 e. The van der Waals surface area contributed by atoms with Gasteiger partial charge in [-0.2, -0.15) is 0 Å². The summed E-state index contributed by atoms with van der Waals surface area (Å²) in [4.78, 5) is 25.1. The first kappa shape index (κ1) is 70.6. The number of allylic oxidation sites excluding steroid dienone is 7. The van der Waals surface area contributed by atoms with E-state index in [4.69, 9.17) is 14.2 Å². The van der Waals surface area contributed by atoms with Gasteiger partial charge in [0.15, 0.2) is 6.29 Å². The second kappa shape index (κ2) is 53.6. The maximum absolute atomic E-state index is 13.0. The number of hydrogen-bond donors (Lipinski definition) is 6. The highest BCUT2D eigenvalue weighted by Gasteiger charge is 2.44. The van der Waals surface area contributed by atoms with Crippen LogP contribution in [0.15, 0.2) is 48.6 Å². The molecule has 0 aromatic rings. The molecule has 11 heteroatoms. The zero-order valence-electron chi connectivity index (χ0n) is 48.3. The molecule has 11 nitrogen and oxygen atoms in total. The summed E-state index contributed by atoms with van der Waals surface area (Å²) in [6.45, 7) is 4.26. The second-order valence-corrected chi connectivity index (χ2v) is 21.7. The molecule has 0 aliphatic carbocycles. The molecule has 1 amide bonds. The van der Waals surface area contributed by atoms with Crippen LogP contribution in [-0.4, -0.2) is 100 Å². The van der Waals surface area contributed by atoms with E-state index in [1.807, 2.05) is 6.08 Å². The molecule has 1 rings (SSSR count). The van der Waals surface area contributed by atoms with Crippen molar-refractivity contribution in [2.24, 2.45) is 0 Å². The molecule has 6 N–H and O–H groups in total. The van der Waals surface area contributed by atoms with E-state index < -0.39 is 49.5 Å². The number of unbranched alkanes of at least 4 members (excludes halogenated alkanes) is 34. The van der Waals surface area contributed by atoms with Gasteiger partial charge in [-0.05, 0) is 96.3 Å². The van der Waals surface area contributed by atoms with Crippen molar-refractivity contribution in [1.82, 2.24) is 5.32 Å². The third kappa shape index (κ3) is 43.2.